The number of hydrogen-bond acceptors (Lipinski definition) is 2. The van der Waals surface area contributed by atoms with E-state index in [-0.39, 0.29) is 5.91 Å². The van der Waals surface area contributed by atoms with Gasteiger partial charge in [-0.25, -0.2) is 0 Å². The fourth-order valence-electron chi connectivity index (χ4n) is 2.49. The molecule has 5 heteroatoms. The Hall–Kier alpha value is -2.59. The minimum absolute atomic E-state index is 0.107. The molecular weight excluding hydrogens is 322 g/mol. The number of benzene rings is 2. The first kappa shape index (κ1) is 16.3. The number of amides is 1. The standard InChI is InChI=1S/C19H18ClN3O/c1-23-13-17(12-22-23)15-7-5-14(6-8-15)9-10-21-19(24)16-3-2-4-18(20)11-16/h2-8,11-13H,9-10H2,1H3,(H,21,24). The van der Waals surface area contributed by atoms with Gasteiger partial charge in [-0.05, 0) is 35.7 Å². The van der Waals surface area contributed by atoms with Gasteiger partial charge in [-0.15, -0.1) is 0 Å². The summed E-state index contributed by atoms with van der Waals surface area (Å²) in [5, 5.41) is 7.66. The number of carbonyl (C=O) groups is 1. The number of halogens is 1. The van der Waals surface area contributed by atoms with E-state index in [4.69, 9.17) is 11.6 Å². The van der Waals surface area contributed by atoms with Crippen molar-refractivity contribution in [2.75, 3.05) is 6.54 Å². The highest BCUT2D eigenvalue weighted by Gasteiger charge is 2.05. The van der Waals surface area contributed by atoms with Crippen LogP contribution in [0.2, 0.25) is 5.02 Å². The maximum Gasteiger partial charge on any atom is 0.251 e. The highest BCUT2D eigenvalue weighted by molar-refractivity contribution is 6.30. The fourth-order valence-corrected chi connectivity index (χ4v) is 2.68. The monoisotopic (exact) mass is 339 g/mol. The van der Waals surface area contributed by atoms with E-state index in [0.717, 1.165) is 17.5 Å². The molecule has 4 nitrogen and oxygen atoms in total. The Kier molecular flexibility index (Phi) is 4.96. The zero-order valence-electron chi connectivity index (χ0n) is 13.4. The van der Waals surface area contributed by atoms with Gasteiger partial charge in [0.25, 0.3) is 5.91 Å². The Morgan fingerprint density at radius 3 is 2.62 bits per heavy atom. The first-order chi connectivity index (χ1) is 11.6. The molecule has 3 rings (SSSR count). The number of aromatic nitrogens is 2. The molecule has 0 bridgehead atoms. The van der Waals surface area contributed by atoms with Crippen LogP contribution in [0.1, 0.15) is 15.9 Å². The Morgan fingerprint density at radius 1 is 1.17 bits per heavy atom. The molecule has 122 valence electrons. The zero-order valence-corrected chi connectivity index (χ0v) is 14.1. The third kappa shape index (κ3) is 4.03. The minimum Gasteiger partial charge on any atom is -0.352 e. The van der Waals surface area contributed by atoms with Crippen LogP contribution >= 0.6 is 11.6 Å². The van der Waals surface area contributed by atoms with Crippen molar-refractivity contribution in [3.63, 3.8) is 0 Å². The lowest BCUT2D eigenvalue weighted by atomic mass is 10.1. The summed E-state index contributed by atoms with van der Waals surface area (Å²) >= 11 is 5.90. The minimum atomic E-state index is -0.107. The second-order valence-electron chi connectivity index (χ2n) is 5.62. The molecule has 1 N–H and O–H groups in total. The number of nitrogens with one attached hydrogen (secondary N) is 1. The summed E-state index contributed by atoms with van der Waals surface area (Å²) in [6.07, 6.45) is 4.61. The topological polar surface area (TPSA) is 46.9 Å². The SMILES string of the molecule is Cn1cc(-c2ccc(CCNC(=O)c3cccc(Cl)c3)cc2)cn1. The van der Waals surface area contributed by atoms with Gasteiger partial charge in [0.2, 0.25) is 0 Å². The summed E-state index contributed by atoms with van der Waals surface area (Å²) in [4.78, 5) is 12.0. The van der Waals surface area contributed by atoms with Gasteiger partial charge < -0.3 is 5.32 Å². The molecule has 1 aromatic heterocycles. The van der Waals surface area contributed by atoms with E-state index in [1.807, 2.05) is 19.4 Å². The Balaban J connectivity index is 1.54. The van der Waals surface area contributed by atoms with Crippen molar-refractivity contribution in [3.05, 3.63) is 77.1 Å². The fraction of sp³-hybridized carbons (Fsp3) is 0.158. The molecule has 3 aromatic rings. The molecule has 0 aliphatic heterocycles. The van der Waals surface area contributed by atoms with Crippen LogP contribution in [-0.4, -0.2) is 22.2 Å². The van der Waals surface area contributed by atoms with E-state index in [1.165, 1.54) is 5.56 Å². The highest BCUT2D eigenvalue weighted by Crippen LogP contribution is 2.18. The first-order valence-electron chi connectivity index (χ1n) is 7.73. The molecule has 1 heterocycles. The van der Waals surface area contributed by atoms with E-state index in [1.54, 1.807) is 28.9 Å². The van der Waals surface area contributed by atoms with Crippen molar-refractivity contribution in [1.82, 2.24) is 15.1 Å². The summed E-state index contributed by atoms with van der Waals surface area (Å²) in [6, 6.07) is 15.2. The maximum absolute atomic E-state index is 12.0. The van der Waals surface area contributed by atoms with Crippen molar-refractivity contribution in [3.8, 4) is 11.1 Å². The second-order valence-corrected chi connectivity index (χ2v) is 6.05. The number of hydrogen-bond donors (Lipinski definition) is 1. The van der Waals surface area contributed by atoms with Crippen molar-refractivity contribution in [2.24, 2.45) is 7.05 Å². The van der Waals surface area contributed by atoms with Crippen molar-refractivity contribution >= 4 is 17.5 Å². The average molecular weight is 340 g/mol. The van der Waals surface area contributed by atoms with Crippen molar-refractivity contribution in [2.45, 2.75) is 6.42 Å². The van der Waals surface area contributed by atoms with Crippen molar-refractivity contribution in [1.29, 1.82) is 0 Å². The third-order valence-corrected chi connectivity index (χ3v) is 4.01. The number of rotatable bonds is 5. The average Bonchev–Trinajstić information content (AvgIpc) is 3.02. The normalized spacial score (nSPS) is 10.6. The molecule has 2 aromatic carbocycles. The van der Waals surface area contributed by atoms with Crippen LogP contribution in [0.25, 0.3) is 11.1 Å². The second kappa shape index (κ2) is 7.32. The van der Waals surface area contributed by atoms with Gasteiger partial charge in [0.05, 0.1) is 6.20 Å². The van der Waals surface area contributed by atoms with E-state index in [9.17, 15) is 4.79 Å². The third-order valence-electron chi connectivity index (χ3n) is 3.78. The van der Waals surface area contributed by atoms with E-state index in [0.29, 0.717) is 17.1 Å². The van der Waals surface area contributed by atoms with Crippen LogP contribution in [0.15, 0.2) is 60.9 Å². The van der Waals surface area contributed by atoms with Crippen LogP contribution in [0.3, 0.4) is 0 Å². The summed E-state index contributed by atoms with van der Waals surface area (Å²) in [6.45, 7) is 0.581. The summed E-state index contributed by atoms with van der Waals surface area (Å²) < 4.78 is 1.79. The molecule has 0 radical (unpaired) electrons. The van der Waals surface area contributed by atoms with Crippen LogP contribution in [-0.2, 0) is 13.5 Å². The lowest BCUT2D eigenvalue weighted by Gasteiger charge is -2.06. The van der Waals surface area contributed by atoms with E-state index < -0.39 is 0 Å². The summed E-state index contributed by atoms with van der Waals surface area (Å²) in [7, 11) is 1.90. The maximum atomic E-state index is 12.0. The quantitative estimate of drug-likeness (QED) is 0.770. The summed E-state index contributed by atoms with van der Waals surface area (Å²) in [5.74, 6) is -0.107. The molecule has 0 unspecified atom stereocenters. The predicted octanol–water partition coefficient (Wildman–Crippen LogP) is 3.71. The van der Waals surface area contributed by atoms with Crippen LogP contribution < -0.4 is 5.32 Å². The summed E-state index contributed by atoms with van der Waals surface area (Å²) in [5.41, 5.74) is 3.98. The van der Waals surface area contributed by atoms with Crippen LogP contribution in [0.4, 0.5) is 0 Å². The molecule has 0 saturated carbocycles. The van der Waals surface area contributed by atoms with Crippen molar-refractivity contribution < 1.29 is 4.79 Å². The molecule has 0 fully saturated rings. The Labute approximate surface area is 146 Å². The van der Waals surface area contributed by atoms with E-state index >= 15 is 0 Å². The largest absolute Gasteiger partial charge is 0.352 e. The van der Waals surface area contributed by atoms with E-state index in [2.05, 4.69) is 34.7 Å². The van der Waals surface area contributed by atoms with Crippen LogP contribution in [0.5, 0.6) is 0 Å². The molecule has 0 atom stereocenters. The van der Waals surface area contributed by atoms with Gasteiger partial charge >= 0.3 is 0 Å². The first-order valence-corrected chi connectivity index (χ1v) is 8.11. The lowest BCUT2D eigenvalue weighted by molar-refractivity contribution is 0.0954. The van der Waals surface area contributed by atoms with Gasteiger partial charge in [-0.2, -0.15) is 5.10 Å². The molecule has 24 heavy (non-hydrogen) atoms. The van der Waals surface area contributed by atoms with Gasteiger partial charge in [0.15, 0.2) is 0 Å². The predicted molar refractivity (Wildman–Crippen MR) is 96.1 cm³/mol. The number of aryl methyl sites for hydroxylation is 1. The Bertz CT molecular complexity index is 840. The molecular formula is C19H18ClN3O. The van der Waals surface area contributed by atoms with Crippen LogP contribution in [0, 0.1) is 0 Å². The number of nitrogens with zero attached hydrogens (tertiary/aromatic N) is 2. The molecule has 1 amide bonds. The number of carbonyl (C=O) groups excluding carboxylic acids is 1. The van der Waals surface area contributed by atoms with Gasteiger partial charge in [0.1, 0.15) is 0 Å². The lowest BCUT2D eigenvalue weighted by Crippen LogP contribution is -2.25. The molecule has 0 aliphatic carbocycles. The smallest absolute Gasteiger partial charge is 0.251 e. The van der Waals surface area contributed by atoms with Gasteiger partial charge in [-0.3, -0.25) is 9.48 Å². The Morgan fingerprint density at radius 2 is 1.96 bits per heavy atom. The molecule has 0 saturated heterocycles. The molecule has 0 aliphatic rings. The highest BCUT2D eigenvalue weighted by atomic mass is 35.5. The van der Waals surface area contributed by atoms with Gasteiger partial charge in [-0.1, -0.05) is 41.9 Å². The van der Waals surface area contributed by atoms with Gasteiger partial charge in [0, 0.05) is 35.9 Å². The molecule has 0 spiro atoms. The zero-order chi connectivity index (χ0) is 16.9.